The molecule has 0 rings (SSSR count). The topological polar surface area (TPSA) is 69.7 Å². The van der Waals surface area contributed by atoms with Gasteiger partial charge in [-0.2, -0.15) is 0 Å². The Bertz CT molecular complexity index is 221. The predicted octanol–water partition coefficient (Wildman–Crippen LogP) is 0.462. The number of esters is 2. The molecule has 14 heavy (non-hydrogen) atoms. The normalized spacial score (nSPS) is 9.29. The van der Waals surface area contributed by atoms with Crippen LogP contribution in [-0.4, -0.2) is 30.9 Å². The van der Waals surface area contributed by atoms with Gasteiger partial charge in [-0.05, 0) is 13.3 Å². The van der Waals surface area contributed by atoms with Crippen LogP contribution in [0.5, 0.6) is 0 Å². The number of ether oxygens (including phenoxy) is 2. The maximum atomic E-state index is 10.9. The highest BCUT2D eigenvalue weighted by Crippen LogP contribution is 1.91. The van der Waals surface area contributed by atoms with E-state index in [1.807, 2.05) is 6.92 Å². The summed E-state index contributed by atoms with van der Waals surface area (Å²) >= 11 is 0. The molecule has 0 aliphatic rings. The van der Waals surface area contributed by atoms with E-state index < -0.39 is 17.7 Å². The molecule has 0 aromatic rings. The molecule has 0 fully saturated rings. The molecule has 0 aliphatic heterocycles. The van der Waals surface area contributed by atoms with Crippen molar-refractivity contribution in [1.29, 1.82) is 0 Å². The highest BCUT2D eigenvalue weighted by Gasteiger charge is 2.25. The van der Waals surface area contributed by atoms with E-state index in [4.69, 9.17) is 0 Å². The van der Waals surface area contributed by atoms with Crippen molar-refractivity contribution < 1.29 is 23.9 Å². The molecule has 0 spiro atoms. The highest BCUT2D eigenvalue weighted by molar-refractivity contribution is 6.60. The predicted molar refractivity (Wildman–Crippen MR) is 47.5 cm³/mol. The van der Waals surface area contributed by atoms with Crippen LogP contribution in [0.4, 0.5) is 0 Å². The minimum atomic E-state index is -1.25. The Labute approximate surface area is 82.4 Å². The fourth-order valence-corrected chi connectivity index (χ4v) is 0.655. The smallest absolute Gasteiger partial charge is 0.386 e. The molecule has 0 N–H and O–H groups in total. The Morgan fingerprint density at radius 3 is 2.07 bits per heavy atom. The van der Waals surface area contributed by atoms with Crippen LogP contribution < -0.4 is 0 Å². The first-order chi connectivity index (χ1) is 6.63. The van der Waals surface area contributed by atoms with E-state index in [9.17, 15) is 14.4 Å². The van der Waals surface area contributed by atoms with E-state index >= 15 is 0 Å². The lowest BCUT2D eigenvalue weighted by atomic mass is 10.3. The van der Waals surface area contributed by atoms with Crippen LogP contribution in [0.3, 0.4) is 0 Å². The molecule has 0 radical (unpaired) electrons. The lowest BCUT2D eigenvalue weighted by molar-refractivity contribution is -0.164. The van der Waals surface area contributed by atoms with Gasteiger partial charge in [0.15, 0.2) is 0 Å². The second kappa shape index (κ2) is 7.06. The highest BCUT2D eigenvalue weighted by atomic mass is 16.6. The fourth-order valence-electron chi connectivity index (χ4n) is 0.655. The van der Waals surface area contributed by atoms with Crippen LogP contribution in [0.15, 0.2) is 0 Å². The summed E-state index contributed by atoms with van der Waals surface area (Å²) in [6.45, 7) is 3.68. The zero-order chi connectivity index (χ0) is 11.0. The molecule has 0 saturated carbocycles. The summed E-state index contributed by atoms with van der Waals surface area (Å²) < 4.78 is 8.86. The molecular formula is C9H14O5. The minimum Gasteiger partial charge on any atom is -0.460 e. The third-order valence-electron chi connectivity index (χ3n) is 1.38. The van der Waals surface area contributed by atoms with Crippen molar-refractivity contribution in [3.63, 3.8) is 0 Å². The van der Waals surface area contributed by atoms with E-state index in [0.717, 1.165) is 6.42 Å². The summed E-state index contributed by atoms with van der Waals surface area (Å²) in [5.41, 5.74) is 0. The van der Waals surface area contributed by atoms with Crippen LogP contribution in [0, 0.1) is 0 Å². The first kappa shape index (κ1) is 12.6. The number of hydrogen-bond donors (Lipinski definition) is 0. The van der Waals surface area contributed by atoms with E-state index in [1.54, 1.807) is 6.92 Å². The standard InChI is InChI=1S/C9H14O5/c1-3-5-6-14-9(12)7(10)8(11)13-4-2/h3-6H2,1-2H3. The fraction of sp³-hybridized carbons (Fsp3) is 0.667. The first-order valence-electron chi connectivity index (χ1n) is 4.51. The first-order valence-corrected chi connectivity index (χ1v) is 4.51. The van der Waals surface area contributed by atoms with Crippen molar-refractivity contribution in [3.8, 4) is 0 Å². The van der Waals surface area contributed by atoms with Crippen molar-refractivity contribution in [3.05, 3.63) is 0 Å². The molecule has 0 aromatic carbocycles. The van der Waals surface area contributed by atoms with Gasteiger partial charge < -0.3 is 9.47 Å². The third-order valence-corrected chi connectivity index (χ3v) is 1.38. The molecular weight excluding hydrogens is 188 g/mol. The number of hydrogen-bond acceptors (Lipinski definition) is 5. The Hall–Kier alpha value is -1.39. The van der Waals surface area contributed by atoms with Crippen LogP contribution >= 0.6 is 0 Å². The Morgan fingerprint density at radius 1 is 1.00 bits per heavy atom. The summed E-state index contributed by atoms with van der Waals surface area (Å²) in [6, 6.07) is 0. The minimum absolute atomic E-state index is 0.0623. The summed E-state index contributed by atoms with van der Waals surface area (Å²) in [4.78, 5) is 32.5. The van der Waals surface area contributed by atoms with Gasteiger partial charge in [-0.3, -0.25) is 4.79 Å². The van der Waals surface area contributed by atoms with E-state index in [0.29, 0.717) is 6.42 Å². The van der Waals surface area contributed by atoms with E-state index in [2.05, 4.69) is 9.47 Å². The van der Waals surface area contributed by atoms with Crippen molar-refractivity contribution in [1.82, 2.24) is 0 Å². The average molecular weight is 202 g/mol. The summed E-state index contributed by atoms with van der Waals surface area (Å²) in [6.07, 6.45) is 1.52. The van der Waals surface area contributed by atoms with Gasteiger partial charge in [0.1, 0.15) is 0 Å². The average Bonchev–Trinajstić information content (AvgIpc) is 2.17. The number of carbonyl (C=O) groups is 3. The molecule has 0 heterocycles. The number of carbonyl (C=O) groups excluding carboxylic acids is 3. The Kier molecular flexibility index (Phi) is 6.36. The second-order valence-corrected chi connectivity index (χ2v) is 2.54. The van der Waals surface area contributed by atoms with Gasteiger partial charge in [0.2, 0.25) is 0 Å². The molecule has 80 valence electrons. The van der Waals surface area contributed by atoms with Crippen LogP contribution in [0.2, 0.25) is 0 Å². The van der Waals surface area contributed by atoms with Crippen molar-refractivity contribution >= 4 is 17.7 Å². The van der Waals surface area contributed by atoms with Crippen molar-refractivity contribution in [2.75, 3.05) is 13.2 Å². The van der Waals surface area contributed by atoms with Gasteiger partial charge in [-0.25, -0.2) is 9.59 Å². The second-order valence-electron chi connectivity index (χ2n) is 2.54. The molecule has 0 aliphatic carbocycles. The zero-order valence-electron chi connectivity index (χ0n) is 8.37. The van der Waals surface area contributed by atoms with Crippen molar-refractivity contribution in [2.45, 2.75) is 26.7 Å². The van der Waals surface area contributed by atoms with Gasteiger partial charge >= 0.3 is 17.7 Å². The number of unbranched alkanes of at least 4 members (excludes halogenated alkanes) is 1. The molecule has 5 nitrogen and oxygen atoms in total. The van der Waals surface area contributed by atoms with E-state index in [-0.39, 0.29) is 13.2 Å². The molecule has 0 bridgehead atoms. The van der Waals surface area contributed by atoms with Gasteiger partial charge in [0.05, 0.1) is 13.2 Å². The van der Waals surface area contributed by atoms with E-state index in [1.165, 1.54) is 0 Å². The molecule has 0 amide bonds. The molecule has 0 aromatic heterocycles. The van der Waals surface area contributed by atoms with Gasteiger partial charge in [-0.1, -0.05) is 13.3 Å². The number of Topliss-reactive ketones (excluding diaryl/α,β-unsaturated/α-hetero) is 1. The van der Waals surface area contributed by atoms with Gasteiger partial charge in [0, 0.05) is 0 Å². The van der Waals surface area contributed by atoms with Crippen LogP contribution in [0.25, 0.3) is 0 Å². The lowest BCUT2D eigenvalue weighted by Crippen LogP contribution is -2.28. The Balaban J connectivity index is 3.87. The lowest BCUT2D eigenvalue weighted by Gasteiger charge is -2.02. The van der Waals surface area contributed by atoms with Crippen molar-refractivity contribution in [2.24, 2.45) is 0 Å². The monoisotopic (exact) mass is 202 g/mol. The molecule has 0 atom stereocenters. The van der Waals surface area contributed by atoms with Crippen LogP contribution in [-0.2, 0) is 23.9 Å². The summed E-state index contributed by atoms with van der Waals surface area (Å²) in [7, 11) is 0. The number of rotatable bonds is 6. The molecule has 0 unspecified atom stereocenters. The Morgan fingerprint density at radius 2 is 1.57 bits per heavy atom. The SMILES string of the molecule is CCCCOC(=O)C(=O)C(=O)OCC. The molecule has 5 heteroatoms. The van der Waals surface area contributed by atoms with Gasteiger partial charge in [0.25, 0.3) is 0 Å². The summed E-state index contributed by atoms with van der Waals surface area (Å²) in [5, 5.41) is 0. The quantitative estimate of drug-likeness (QED) is 0.271. The van der Waals surface area contributed by atoms with Gasteiger partial charge in [-0.15, -0.1) is 0 Å². The third kappa shape index (κ3) is 4.59. The maximum absolute atomic E-state index is 10.9. The number of ketones is 1. The molecule has 0 saturated heterocycles. The maximum Gasteiger partial charge on any atom is 0.386 e. The summed E-state index contributed by atoms with van der Waals surface area (Å²) in [5.74, 6) is -3.55. The largest absolute Gasteiger partial charge is 0.460 e. The van der Waals surface area contributed by atoms with Crippen LogP contribution in [0.1, 0.15) is 26.7 Å². The zero-order valence-corrected chi connectivity index (χ0v) is 8.37.